The van der Waals surface area contributed by atoms with Crippen LogP contribution in [-0.2, 0) is 20.1 Å². The largest absolute Gasteiger partial charge is 0.636 e. The Kier molecular flexibility index (Phi) is 11.2. The highest BCUT2D eigenvalue weighted by molar-refractivity contribution is 8.29. The third-order valence-electron chi connectivity index (χ3n) is 8.26. The first-order valence-corrected chi connectivity index (χ1v) is 17.8. The third-order valence-corrected chi connectivity index (χ3v) is 12.0. The van der Waals surface area contributed by atoms with E-state index < -0.39 is 17.4 Å². The Morgan fingerprint density at radius 1 is 0.826 bits per heavy atom. The number of hydrogen-bond donors (Lipinski definition) is 2. The van der Waals surface area contributed by atoms with Crippen LogP contribution in [0, 0.1) is 20.8 Å². The average molecular weight is 650 g/mol. The SMILES string of the molecule is Cc1cc(OCCCOS(C)(C)C(C)(C)C)cc(C)c1-c1cccc(COc2ccc(B3OC(O)=CN(C)/C=C(/O)O3)cc2)c1C. The fraction of sp³-hybridized carbons (Fsp3) is 0.389. The molecular weight excluding hydrogens is 601 g/mol. The maximum atomic E-state index is 10.0. The van der Waals surface area contributed by atoms with Gasteiger partial charge in [-0.05, 0) is 90.9 Å². The second-order valence-corrected chi connectivity index (χ2v) is 16.8. The number of aliphatic hydroxyl groups is 2. The number of aliphatic hydroxyl groups excluding tert-OH is 2. The molecule has 8 nitrogen and oxygen atoms in total. The Bertz CT molecular complexity index is 1520. The molecule has 3 aromatic rings. The predicted molar refractivity (Wildman–Crippen MR) is 189 cm³/mol. The molecule has 3 aromatic carbocycles. The molecule has 1 aliphatic rings. The number of rotatable bonds is 11. The van der Waals surface area contributed by atoms with E-state index in [9.17, 15) is 10.2 Å². The van der Waals surface area contributed by atoms with Crippen molar-refractivity contribution in [1.29, 1.82) is 0 Å². The van der Waals surface area contributed by atoms with Gasteiger partial charge in [0.25, 0.3) is 11.9 Å². The normalized spacial score (nSPS) is 15.5. The number of hydrogen-bond acceptors (Lipinski definition) is 8. The molecule has 0 saturated heterocycles. The van der Waals surface area contributed by atoms with E-state index in [0.717, 1.165) is 34.4 Å². The van der Waals surface area contributed by atoms with Gasteiger partial charge >= 0.3 is 7.12 Å². The first-order valence-electron chi connectivity index (χ1n) is 15.4. The zero-order valence-corrected chi connectivity index (χ0v) is 29.4. The van der Waals surface area contributed by atoms with Gasteiger partial charge in [-0.15, -0.1) is 10.3 Å². The molecule has 0 fully saturated rings. The lowest BCUT2D eigenvalue weighted by molar-refractivity contribution is 0.124. The standard InChI is InChI=1S/C36H48BNO7S/c1-25-20-31(41-18-11-19-43-46(8,9)36(4,5)6)21-26(2)35(25)32-13-10-12-28(27(32)3)24-42-30-16-14-29(15-17-30)37-44-33(39)22-38(7)23-34(40)45-37/h10,12-17,20-23,39-40H,11,18-19,24H2,1-9H3/b33-22-,34-23?. The summed E-state index contributed by atoms with van der Waals surface area (Å²) in [6, 6.07) is 17.7. The van der Waals surface area contributed by atoms with Crippen LogP contribution in [0.3, 0.4) is 0 Å². The minimum Gasteiger partial charge on any atom is -0.494 e. The molecule has 10 heteroatoms. The summed E-state index contributed by atoms with van der Waals surface area (Å²) in [7, 11) is -0.512. The van der Waals surface area contributed by atoms with E-state index in [-0.39, 0.29) is 16.6 Å². The molecule has 46 heavy (non-hydrogen) atoms. The van der Waals surface area contributed by atoms with Crippen LogP contribution < -0.4 is 14.9 Å². The number of aryl methyl sites for hydroxylation is 2. The highest BCUT2D eigenvalue weighted by atomic mass is 32.3. The number of nitrogens with zero attached hydrogens (tertiary/aromatic N) is 1. The van der Waals surface area contributed by atoms with Gasteiger partial charge in [-0.25, -0.2) is 0 Å². The molecule has 0 saturated carbocycles. The lowest BCUT2D eigenvalue weighted by Gasteiger charge is -2.43. The molecule has 0 amide bonds. The van der Waals surface area contributed by atoms with Crippen molar-refractivity contribution in [2.75, 3.05) is 32.8 Å². The number of benzene rings is 3. The zero-order chi connectivity index (χ0) is 33.6. The van der Waals surface area contributed by atoms with E-state index in [4.69, 9.17) is 23.0 Å². The molecule has 248 valence electrons. The molecule has 0 unspecified atom stereocenters. The lowest BCUT2D eigenvalue weighted by Crippen LogP contribution is -2.37. The predicted octanol–water partition coefficient (Wildman–Crippen LogP) is 7.81. The van der Waals surface area contributed by atoms with Crippen molar-refractivity contribution in [1.82, 2.24) is 4.90 Å². The molecule has 0 aromatic heterocycles. The Morgan fingerprint density at radius 2 is 1.43 bits per heavy atom. The van der Waals surface area contributed by atoms with E-state index in [1.54, 1.807) is 31.3 Å². The van der Waals surface area contributed by atoms with E-state index in [1.165, 1.54) is 28.4 Å². The van der Waals surface area contributed by atoms with E-state index in [1.807, 2.05) is 0 Å². The van der Waals surface area contributed by atoms with Crippen LogP contribution in [0.4, 0.5) is 0 Å². The fourth-order valence-electron chi connectivity index (χ4n) is 4.94. The Hall–Kier alpha value is -3.89. The second kappa shape index (κ2) is 14.7. The highest BCUT2D eigenvalue weighted by Gasteiger charge is 2.30. The first kappa shape index (κ1) is 35.0. The van der Waals surface area contributed by atoms with Crippen LogP contribution in [0.5, 0.6) is 11.5 Å². The lowest BCUT2D eigenvalue weighted by atomic mass is 9.79. The van der Waals surface area contributed by atoms with Crippen LogP contribution in [0.25, 0.3) is 11.1 Å². The van der Waals surface area contributed by atoms with Gasteiger partial charge in [-0.2, -0.15) is 0 Å². The van der Waals surface area contributed by atoms with Crippen molar-refractivity contribution < 1.29 is 33.2 Å². The molecule has 0 bridgehead atoms. The minimum absolute atomic E-state index is 0.150. The Morgan fingerprint density at radius 3 is 2.02 bits per heavy atom. The fourth-order valence-corrected chi connectivity index (χ4v) is 5.83. The average Bonchev–Trinajstić information content (AvgIpc) is 2.95. The van der Waals surface area contributed by atoms with E-state index >= 15 is 0 Å². The van der Waals surface area contributed by atoms with Crippen molar-refractivity contribution in [2.24, 2.45) is 0 Å². The summed E-state index contributed by atoms with van der Waals surface area (Å²) in [4.78, 5) is 1.43. The van der Waals surface area contributed by atoms with Gasteiger partial charge < -0.3 is 38.1 Å². The highest BCUT2D eigenvalue weighted by Crippen LogP contribution is 2.53. The smallest absolute Gasteiger partial charge is 0.494 e. The van der Waals surface area contributed by atoms with Crippen LogP contribution in [0.2, 0.25) is 0 Å². The van der Waals surface area contributed by atoms with Gasteiger partial charge in [0.05, 0.1) is 25.6 Å². The van der Waals surface area contributed by atoms with Crippen LogP contribution in [0.1, 0.15) is 49.4 Å². The molecule has 0 spiro atoms. The molecular formula is C36H48BNO7S. The van der Waals surface area contributed by atoms with E-state index in [0.29, 0.717) is 31.0 Å². The quantitative estimate of drug-likeness (QED) is 0.161. The van der Waals surface area contributed by atoms with Crippen LogP contribution in [0.15, 0.2) is 78.9 Å². The molecule has 2 N–H and O–H groups in total. The summed E-state index contributed by atoms with van der Waals surface area (Å²) in [5, 5.41) is 20.0. The molecule has 0 atom stereocenters. The molecule has 0 aliphatic carbocycles. The van der Waals surface area contributed by atoms with Crippen molar-refractivity contribution in [3.05, 3.63) is 101 Å². The summed E-state index contributed by atoms with van der Waals surface area (Å²) in [6.45, 7) is 14.8. The van der Waals surface area contributed by atoms with Crippen LogP contribution in [-0.4, -0.2) is 59.8 Å². The summed E-state index contributed by atoms with van der Waals surface area (Å²) in [5.74, 6) is 0.881. The molecule has 0 radical (unpaired) electrons. The van der Waals surface area contributed by atoms with Gasteiger partial charge in [0.1, 0.15) is 18.1 Å². The second-order valence-electron chi connectivity index (χ2n) is 12.9. The summed E-state index contributed by atoms with van der Waals surface area (Å²) < 4.78 is 29.5. The Labute approximate surface area is 276 Å². The first-order chi connectivity index (χ1) is 21.6. The van der Waals surface area contributed by atoms with Crippen molar-refractivity contribution >= 4 is 22.9 Å². The molecule has 1 heterocycles. The maximum absolute atomic E-state index is 10.0. The molecule has 1 aliphatic heterocycles. The monoisotopic (exact) mass is 649 g/mol. The van der Waals surface area contributed by atoms with Crippen LogP contribution >= 0.6 is 10.3 Å². The van der Waals surface area contributed by atoms with Gasteiger partial charge in [0.2, 0.25) is 0 Å². The van der Waals surface area contributed by atoms with Gasteiger partial charge in [-0.3, -0.25) is 0 Å². The van der Waals surface area contributed by atoms with Crippen molar-refractivity contribution in [3.63, 3.8) is 0 Å². The van der Waals surface area contributed by atoms with Crippen molar-refractivity contribution in [2.45, 2.75) is 59.3 Å². The Balaban J connectivity index is 1.38. The zero-order valence-electron chi connectivity index (χ0n) is 28.5. The topological polar surface area (TPSA) is 89.9 Å². The maximum Gasteiger partial charge on any atom is 0.636 e. The van der Waals surface area contributed by atoms with E-state index in [2.05, 4.69) is 84.4 Å². The molecule has 4 rings (SSSR count). The van der Waals surface area contributed by atoms with Gasteiger partial charge in [0.15, 0.2) is 0 Å². The van der Waals surface area contributed by atoms with Gasteiger partial charge in [0, 0.05) is 23.7 Å². The third kappa shape index (κ3) is 8.88. The summed E-state index contributed by atoms with van der Waals surface area (Å²) in [6.07, 6.45) is 7.96. The number of ether oxygens (including phenoxy) is 2. The summed E-state index contributed by atoms with van der Waals surface area (Å²) >= 11 is 0. The minimum atomic E-state index is -1.13. The van der Waals surface area contributed by atoms with Crippen molar-refractivity contribution in [3.8, 4) is 22.6 Å². The summed E-state index contributed by atoms with van der Waals surface area (Å²) in [5.41, 5.74) is 7.54. The van der Waals surface area contributed by atoms with Gasteiger partial charge in [-0.1, -0.05) is 51.1 Å².